The van der Waals surface area contributed by atoms with Crippen molar-refractivity contribution in [2.75, 3.05) is 25.9 Å². The standard InChI is InChI=1S/C17H23N3O2S/c1-4-20(5-2)14(15-9-7-11-22-15)12-19-16(21)13-8-6-10-18-17(13)23-3/h6-11,14H,4-5,12H2,1-3H3,(H,19,21)/t14-/m0/s1. The van der Waals surface area contributed by atoms with E-state index >= 15 is 0 Å². The Morgan fingerprint density at radius 3 is 2.74 bits per heavy atom. The molecule has 0 saturated heterocycles. The summed E-state index contributed by atoms with van der Waals surface area (Å²) in [4.78, 5) is 19.0. The fourth-order valence-corrected chi connectivity index (χ4v) is 3.11. The summed E-state index contributed by atoms with van der Waals surface area (Å²) in [5, 5.41) is 3.76. The molecule has 0 radical (unpaired) electrons. The third-order valence-electron chi connectivity index (χ3n) is 3.79. The molecule has 1 N–H and O–H groups in total. The lowest BCUT2D eigenvalue weighted by atomic mass is 10.1. The Balaban J connectivity index is 2.10. The van der Waals surface area contributed by atoms with Crippen LogP contribution < -0.4 is 5.32 Å². The Hall–Kier alpha value is -1.79. The summed E-state index contributed by atoms with van der Waals surface area (Å²) in [5.41, 5.74) is 0.609. The molecule has 2 heterocycles. The molecule has 124 valence electrons. The molecule has 0 fully saturated rings. The highest BCUT2D eigenvalue weighted by molar-refractivity contribution is 7.98. The van der Waals surface area contributed by atoms with Crippen LogP contribution in [0.5, 0.6) is 0 Å². The smallest absolute Gasteiger partial charge is 0.254 e. The first-order valence-corrected chi connectivity index (χ1v) is 8.98. The number of amides is 1. The molecule has 0 aliphatic rings. The van der Waals surface area contributed by atoms with Gasteiger partial charge in [0, 0.05) is 12.7 Å². The Bertz CT molecular complexity index is 612. The van der Waals surface area contributed by atoms with E-state index in [0.29, 0.717) is 12.1 Å². The van der Waals surface area contributed by atoms with E-state index in [1.54, 1.807) is 24.6 Å². The minimum Gasteiger partial charge on any atom is -0.468 e. The molecule has 0 aromatic carbocycles. The van der Waals surface area contributed by atoms with Crippen molar-refractivity contribution < 1.29 is 9.21 Å². The molecule has 6 heteroatoms. The molecular formula is C17H23N3O2S. The van der Waals surface area contributed by atoms with Crippen molar-refractivity contribution in [1.29, 1.82) is 0 Å². The van der Waals surface area contributed by atoms with E-state index in [2.05, 4.69) is 29.0 Å². The maximum Gasteiger partial charge on any atom is 0.254 e. The third kappa shape index (κ3) is 4.36. The first kappa shape index (κ1) is 17.6. The zero-order valence-corrected chi connectivity index (χ0v) is 14.6. The first-order valence-electron chi connectivity index (χ1n) is 7.75. The molecule has 1 atom stereocenters. The highest BCUT2D eigenvalue weighted by Crippen LogP contribution is 2.21. The summed E-state index contributed by atoms with van der Waals surface area (Å²) in [6.45, 7) is 6.49. The number of carbonyl (C=O) groups excluding carboxylic acids is 1. The number of hydrogen-bond donors (Lipinski definition) is 1. The lowest BCUT2D eigenvalue weighted by Gasteiger charge is -2.28. The van der Waals surface area contributed by atoms with Crippen LogP contribution in [0, 0.1) is 0 Å². The van der Waals surface area contributed by atoms with Crippen LogP contribution in [-0.4, -0.2) is 41.7 Å². The number of rotatable bonds is 8. The molecule has 0 saturated carbocycles. The summed E-state index contributed by atoms with van der Waals surface area (Å²) in [7, 11) is 0. The lowest BCUT2D eigenvalue weighted by Crippen LogP contribution is -2.38. The Labute approximate surface area is 141 Å². The Kier molecular flexibility index (Phi) is 6.67. The zero-order valence-electron chi connectivity index (χ0n) is 13.8. The van der Waals surface area contributed by atoms with Gasteiger partial charge in [0.2, 0.25) is 0 Å². The van der Waals surface area contributed by atoms with Crippen LogP contribution in [0.15, 0.2) is 46.2 Å². The normalized spacial score (nSPS) is 12.3. The second kappa shape index (κ2) is 8.74. The molecule has 0 spiro atoms. The number of aromatic nitrogens is 1. The molecule has 1 amide bonds. The van der Waals surface area contributed by atoms with Crippen LogP contribution in [0.1, 0.15) is 36.0 Å². The molecule has 2 aromatic rings. The molecule has 0 bridgehead atoms. The number of thioether (sulfide) groups is 1. The van der Waals surface area contributed by atoms with Gasteiger partial charge < -0.3 is 9.73 Å². The number of hydrogen-bond acceptors (Lipinski definition) is 5. The average Bonchev–Trinajstić information content (AvgIpc) is 3.12. The molecule has 0 aliphatic heterocycles. The first-order chi connectivity index (χ1) is 11.2. The molecule has 0 aliphatic carbocycles. The highest BCUT2D eigenvalue weighted by Gasteiger charge is 2.22. The number of pyridine rings is 1. The molecule has 5 nitrogen and oxygen atoms in total. The second-order valence-corrected chi connectivity index (χ2v) is 5.82. The summed E-state index contributed by atoms with van der Waals surface area (Å²) in [5.74, 6) is 0.761. The van der Waals surface area contributed by atoms with Gasteiger partial charge in [0.25, 0.3) is 5.91 Å². The maximum atomic E-state index is 12.5. The van der Waals surface area contributed by atoms with Crippen LogP contribution >= 0.6 is 11.8 Å². The van der Waals surface area contributed by atoms with Crippen molar-refractivity contribution in [2.45, 2.75) is 24.9 Å². The number of furan rings is 1. The van der Waals surface area contributed by atoms with Gasteiger partial charge in [-0.25, -0.2) is 4.98 Å². The topological polar surface area (TPSA) is 58.4 Å². The van der Waals surface area contributed by atoms with Crippen LogP contribution in [-0.2, 0) is 0 Å². The van der Waals surface area contributed by atoms with Crippen LogP contribution in [0.4, 0.5) is 0 Å². The molecule has 0 unspecified atom stereocenters. The van der Waals surface area contributed by atoms with Crippen LogP contribution in [0.25, 0.3) is 0 Å². The van der Waals surface area contributed by atoms with E-state index in [0.717, 1.165) is 23.9 Å². The van der Waals surface area contributed by atoms with E-state index < -0.39 is 0 Å². The number of carbonyl (C=O) groups is 1. The molecule has 23 heavy (non-hydrogen) atoms. The van der Waals surface area contributed by atoms with Crippen molar-refractivity contribution in [1.82, 2.24) is 15.2 Å². The number of likely N-dealkylation sites (N-methyl/N-ethyl adjacent to an activating group) is 1. The SMILES string of the molecule is CCN(CC)[C@@H](CNC(=O)c1cccnc1SC)c1ccco1. The number of nitrogens with one attached hydrogen (secondary N) is 1. The monoisotopic (exact) mass is 333 g/mol. The predicted molar refractivity (Wildman–Crippen MR) is 92.7 cm³/mol. The average molecular weight is 333 g/mol. The zero-order chi connectivity index (χ0) is 16.7. The highest BCUT2D eigenvalue weighted by atomic mass is 32.2. The van der Waals surface area contributed by atoms with E-state index in [-0.39, 0.29) is 11.9 Å². The fraction of sp³-hybridized carbons (Fsp3) is 0.412. The van der Waals surface area contributed by atoms with E-state index in [9.17, 15) is 4.79 Å². The third-order valence-corrected chi connectivity index (χ3v) is 4.50. The van der Waals surface area contributed by atoms with Gasteiger partial charge in [-0.1, -0.05) is 13.8 Å². The van der Waals surface area contributed by atoms with Gasteiger partial charge in [-0.3, -0.25) is 9.69 Å². The van der Waals surface area contributed by atoms with Gasteiger partial charge in [0.05, 0.1) is 17.9 Å². The van der Waals surface area contributed by atoms with Gasteiger partial charge in [-0.2, -0.15) is 0 Å². The van der Waals surface area contributed by atoms with E-state index in [4.69, 9.17) is 4.42 Å². The summed E-state index contributed by atoms with van der Waals surface area (Å²) in [6, 6.07) is 7.43. The van der Waals surface area contributed by atoms with Gasteiger partial charge in [-0.15, -0.1) is 11.8 Å². The van der Waals surface area contributed by atoms with Gasteiger partial charge in [0.1, 0.15) is 10.8 Å². The fourth-order valence-electron chi connectivity index (χ4n) is 2.57. The maximum absolute atomic E-state index is 12.5. The quantitative estimate of drug-likeness (QED) is 0.752. The molecule has 2 aromatic heterocycles. The van der Waals surface area contributed by atoms with Crippen LogP contribution in [0.3, 0.4) is 0 Å². The van der Waals surface area contributed by atoms with E-state index in [1.165, 1.54) is 11.8 Å². The van der Waals surface area contributed by atoms with E-state index in [1.807, 2.05) is 18.4 Å². The second-order valence-electron chi connectivity index (χ2n) is 5.02. The summed E-state index contributed by atoms with van der Waals surface area (Å²) < 4.78 is 5.55. The van der Waals surface area contributed by atoms with Gasteiger partial charge in [-0.05, 0) is 43.6 Å². The van der Waals surface area contributed by atoms with Crippen LogP contribution in [0.2, 0.25) is 0 Å². The Morgan fingerprint density at radius 1 is 1.35 bits per heavy atom. The van der Waals surface area contributed by atoms with Gasteiger partial charge in [0.15, 0.2) is 0 Å². The lowest BCUT2D eigenvalue weighted by molar-refractivity contribution is 0.0926. The van der Waals surface area contributed by atoms with Crippen molar-refractivity contribution >= 4 is 17.7 Å². The minimum absolute atomic E-state index is 0.0263. The summed E-state index contributed by atoms with van der Waals surface area (Å²) in [6.07, 6.45) is 5.28. The minimum atomic E-state index is -0.105. The number of nitrogens with zero attached hydrogens (tertiary/aromatic N) is 2. The predicted octanol–water partition coefficient (Wildman–Crippen LogP) is 3.21. The van der Waals surface area contributed by atoms with Crippen molar-refractivity contribution in [3.05, 3.63) is 48.0 Å². The largest absolute Gasteiger partial charge is 0.468 e. The van der Waals surface area contributed by atoms with Gasteiger partial charge >= 0.3 is 0 Å². The van der Waals surface area contributed by atoms with Crippen molar-refractivity contribution in [3.63, 3.8) is 0 Å². The summed E-state index contributed by atoms with van der Waals surface area (Å²) >= 11 is 1.47. The Morgan fingerprint density at radius 2 is 2.13 bits per heavy atom. The molecular weight excluding hydrogens is 310 g/mol. The van der Waals surface area contributed by atoms with Crippen molar-refractivity contribution in [2.24, 2.45) is 0 Å². The van der Waals surface area contributed by atoms with Crippen molar-refractivity contribution in [3.8, 4) is 0 Å². The molecule has 2 rings (SSSR count).